The van der Waals surface area contributed by atoms with Crippen molar-refractivity contribution in [1.82, 2.24) is 0 Å². The lowest BCUT2D eigenvalue weighted by Gasteiger charge is -2.05. The van der Waals surface area contributed by atoms with Gasteiger partial charge in [0.1, 0.15) is 0 Å². The van der Waals surface area contributed by atoms with Gasteiger partial charge in [0.15, 0.2) is 0 Å². The largest absolute Gasteiger partial charge is 0.499 e. The van der Waals surface area contributed by atoms with E-state index in [1.165, 1.54) is 11.1 Å². The molecule has 0 atom stereocenters. The topological polar surface area (TPSA) is 9.23 Å². The molecule has 15 heavy (non-hydrogen) atoms. The van der Waals surface area contributed by atoms with Gasteiger partial charge >= 0.3 is 0 Å². The molecule has 1 aromatic rings. The highest BCUT2D eigenvalue weighted by molar-refractivity contribution is 5.23. The van der Waals surface area contributed by atoms with Gasteiger partial charge in [-0.15, -0.1) is 0 Å². The number of allylic oxidation sites excluding steroid dienone is 2. The van der Waals surface area contributed by atoms with Crippen LogP contribution in [0.1, 0.15) is 31.4 Å². The number of rotatable bonds is 5. The second-order valence-corrected chi connectivity index (χ2v) is 3.65. The van der Waals surface area contributed by atoms with Crippen molar-refractivity contribution in [3.05, 3.63) is 47.2 Å². The Labute approximate surface area is 92.8 Å². The fourth-order valence-corrected chi connectivity index (χ4v) is 1.45. The van der Waals surface area contributed by atoms with Gasteiger partial charge in [0, 0.05) is 6.42 Å². The first-order valence-corrected chi connectivity index (χ1v) is 5.63. The van der Waals surface area contributed by atoms with E-state index in [4.69, 9.17) is 4.74 Å². The second kappa shape index (κ2) is 6.28. The van der Waals surface area contributed by atoms with Crippen LogP contribution < -0.4 is 0 Å². The minimum absolute atomic E-state index is 0.758. The Kier molecular flexibility index (Phi) is 4.96. The van der Waals surface area contributed by atoms with Crippen LogP contribution in [0.25, 0.3) is 0 Å². The lowest BCUT2D eigenvalue weighted by molar-refractivity contribution is 0.220. The molecule has 0 saturated heterocycles. The Hall–Kier alpha value is -1.24. The average molecular weight is 204 g/mol. The van der Waals surface area contributed by atoms with Gasteiger partial charge in [0.25, 0.3) is 0 Å². The molecule has 1 aromatic carbocycles. The third-order valence-corrected chi connectivity index (χ3v) is 2.36. The fraction of sp³-hybridized carbons (Fsp3) is 0.429. The maximum absolute atomic E-state index is 5.50. The smallest absolute Gasteiger partial charge is 0.0920 e. The molecule has 0 radical (unpaired) electrons. The molecule has 0 bridgehead atoms. The molecule has 82 valence electrons. The maximum atomic E-state index is 5.50. The highest BCUT2D eigenvalue weighted by Crippen LogP contribution is 2.08. The van der Waals surface area contributed by atoms with Crippen molar-refractivity contribution < 1.29 is 4.74 Å². The molecule has 0 spiro atoms. The molecule has 0 unspecified atom stereocenters. The third-order valence-electron chi connectivity index (χ3n) is 2.36. The number of aryl methyl sites for hydroxylation is 1. The van der Waals surface area contributed by atoms with E-state index in [2.05, 4.69) is 44.2 Å². The minimum Gasteiger partial charge on any atom is -0.499 e. The van der Waals surface area contributed by atoms with Crippen LogP contribution in [-0.4, -0.2) is 6.61 Å². The number of hydrogen-bond donors (Lipinski definition) is 0. The molecule has 0 aromatic heterocycles. The minimum atomic E-state index is 0.758. The molecule has 1 rings (SSSR count). The lowest BCUT2D eigenvalue weighted by atomic mass is 10.1. The molecule has 0 heterocycles. The molecule has 0 amide bonds. The molecule has 0 aliphatic carbocycles. The van der Waals surface area contributed by atoms with Gasteiger partial charge in [-0.25, -0.2) is 0 Å². The molecule has 1 nitrogen and oxygen atoms in total. The van der Waals surface area contributed by atoms with Gasteiger partial charge in [-0.1, -0.05) is 36.8 Å². The van der Waals surface area contributed by atoms with Crippen molar-refractivity contribution in [2.75, 3.05) is 6.61 Å². The molecule has 0 fully saturated rings. The summed E-state index contributed by atoms with van der Waals surface area (Å²) in [6.45, 7) is 7.01. The predicted molar refractivity (Wildman–Crippen MR) is 64.9 cm³/mol. The summed E-state index contributed by atoms with van der Waals surface area (Å²) in [5.74, 6) is 1.10. The van der Waals surface area contributed by atoms with Crippen molar-refractivity contribution in [3.8, 4) is 0 Å². The fourth-order valence-electron chi connectivity index (χ4n) is 1.45. The molecular formula is C14H20O. The van der Waals surface area contributed by atoms with Crippen LogP contribution in [0.5, 0.6) is 0 Å². The quantitative estimate of drug-likeness (QED) is 0.662. The van der Waals surface area contributed by atoms with E-state index in [-0.39, 0.29) is 0 Å². The van der Waals surface area contributed by atoms with Crippen LogP contribution in [0.15, 0.2) is 36.1 Å². The highest BCUT2D eigenvalue weighted by Gasteiger charge is 1.94. The Morgan fingerprint density at radius 1 is 1.20 bits per heavy atom. The first kappa shape index (κ1) is 11.8. The number of hydrogen-bond acceptors (Lipinski definition) is 1. The standard InChI is InChI=1S/C14H20O/c1-4-14(15-5-2)11-10-13-8-6-12(3)7-9-13/h6-9,11H,4-5,10H2,1-3H3/b14-11-. The molecular weight excluding hydrogens is 184 g/mol. The Morgan fingerprint density at radius 3 is 2.40 bits per heavy atom. The predicted octanol–water partition coefficient (Wildman–Crippen LogP) is 3.87. The third kappa shape index (κ3) is 4.20. The van der Waals surface area contributed by atoms with E-state index in [1.807, 2.05) is 6.92 Å². The summed E-state index contributed by atoms with van der Waals surface area (Å²) in [6.07, 6.45) is 4.11. The van der Waals surface area contributed by atoms with Gasteiger partial charge in [0.05, 0.1) is 12.4 Å². The van der Waals surface area contributed by atoms with E-state index < -0.39 is 0 Å². The summed E-state index contributed by atoms with van der Waals surface area (Å²) in [5.41, 5.74) is 2.65. The van der Waals surface area contributed by atoms with Crippen molar-refractivity contribution >= 4 is 0 Å². The van der Waals surface area contributed by atoms with Crippen LogP contribution in [0.2, 0.25) is 0 Å². The summed E-state index contributed by atoms with van der Waals surface area (Å²) < 4.78 is 5.50. The van der Waals surface area contributed by atoms with Crippen LogP contribution >= 0.6 is 0 Å². The zero-order valence-corrected chi connectivity index (χ0v) is 9.92. The van der Waals surface area contributed by atoms with E-state index in [0.717, 1.165) is 25.2 Å². The summed E-state index contributed by atoms with van der Waals surface area (Å²) in [7, 11) is 0. The van der Waals surface area contributed by atoms with Gasteiger partial charge in [-0.05, 0) is 31.9 Å². The van der Waals surface area contributed by atoms with Crippen LogP contribution in [0.4, 0.5) is 0 Å². The van der Waals surface area contributed by atoms with E-state index >= 15 is 0 Å². The first-order chi connectivity index (χ1) is 7.26. The van der Waals surface area contributed by atoms with Gasteiger partial charge in [0.2, 0.25) is 0 Å². The molecule has 0 N–H and O–H groups in total. The molecule has 0 saturated carbocycles. The number of benzene rings is 1. The van der Waals surface area contributed by atoms with Crippen molar-refractivity contribution in [2.24, 2.45) is 0 Å². The van der Waals surface area contributed by atoms with E-state index in [0.29, 0.717) is 0 Å². The van der Waals surface area contributed by atoms with E-state index in [9.17, 15) is 0 Å². The summed E-state index contributed by atoms with van der Waals surface area (Å²) in [4.78, 5) is 0. The van der Waals surface area contributed by atoms with Crippen LogP contribution in [-0.2, 0) is 11.2 Å². The van der Waals surface area contributed by atoms with E-state index in [1.54, 1.807) is 0 Å². The SMILES string of the molecule is CCO/C(=C\Cc1ccc(C)cc1)CC. The van der Waals surface area contributed by atoms with Crippen molar-refractivity contribution in [2.45, 2.75) is 33.6 Å². The van der Waals surface area contributed by atoms with Gasteiger partial charge < -0.3 is 4.74 Å². The summed E-state index contributed by atoms with van der Waals surface area (Å²) >= 11 is 0. The molecule has 1 heteroatoms. The summed E-state index contributed by atoms with van der Waals surface area (Å²) in [5, 5.41) is 0. The maximum Gasteiger partial charge on any atom is 0.0920 e. The zero-order chi connectivity index (χ0) is 11.1. The monoisotopic (exact) mass is 204 g/mol. The lowest BCUT2D eigenvalue weighted by Crippen LogP contribution is -1.91. The van der Waals surface area contributed by atoms with Crippen molar-refractivity contribution in [3.63, 3.8) is 0 Å². The normalized spacial score (nSPS) is 11.5. The first-order valence-electron chi connectivity index (χ1n) is 5.63. The Balaban J connectivity index is 2.57. The summed E-state index contributed by atoms with van der Waals surface area (Å²) in [6, 6.07) is 8.64. The van der Waals surface area contributed by atoms with Crippen LogP contribution in [0.3, 0.4) is 0 Å². The zero-order valence-electron chi connectivity index (χ0n) is 9.92. The van der Waals surface area contributed by atoms with Crippen molar-refractivity contribution in [1.29, 1.82) is 0 Å². The average Bonchev–Trinajstić information content (AvgIpc) is 2.26. The highest BCUT2D eigenvalue weighted by atomic mass is 16.5. The Bertz CT molecular complexity index is 309. The molecule has 0 aliphatic heterocycles. The Morgan fingerprint density at radius 2 is 1.87 bits per heavy atom. The molecule has 0 aliphatic rings. The second-order valence-electron chi connectivity index (χ2n) is 3.65. The van der Waals surface area contributed by atoms with Gasteiger partial charge in [-0.2, -0.15) is 0 Å². The number of ether oxygens (including phenoxy) is 1. The van der Waals surface area contributed by atoms with Crippen LogP contribution in [0, 0.1) is 6.92 Å². The van der Waals surface area contributed by atoms with Gasteiger partial charge in [-0.3, -0.25) is 0 Å².